The Labute approximate surface area is 182 Å². The predicted octanol–water partition coefficient (Wildman–Crippen LogP) is 6.10. The molecule has 0 heterocycles. The summed E-state index contributed by atoms with van der Waals surface area (Å²) in [6.07, 6.45) is 8.83. The first-order valence-electron chi connectivity index (χ1n) is 12.4. The number of allylic oxidation sites excluding steroid dienone is 2. The first-order chi connectivity index (χ1) is 14.1. The number of ketones is 3. The molecular weight excluding hydrogens is 372 g/mol. The summed E-state index contributed by atoms with van der Waals surface area (Å²) < 4.78 is 0. The molecule has 0 radical (unpaired) electrons. The molecule has 0 aromatic carbocycles. The minimum atomic E-state index is -0.135. The van der Waals surface area contributed by atoms with E-state index in [9.17, 15) is 14.4 Å². The lowest BCUT2D eigenvalue weighted by Gasteiger charge is -2.54. The highest BCUT2D eigenvalue weighted by molar-refractivity contribution is 6.10. The van der Waals surface area contributed by atoms with Crippen LogP contribution in [0.1, 0.15) is 98.8 Å². The van der Waals surface area contributed by atoms with Gasteiger partial charge >= 0.3 is 0 Å². The van der Waals surface area contributed by atoms with Crippen LogP contribution in [0.3, 0.4) is 0 Å². The van der Waals surface area contributed by atoms with Crippen LogP contribution in [0.25, 0.3) is 0 Å². The highest BCUT2D eigenvalue weighted by Crippen LogP contribution is 2.64. The maximum atomic E-state index is 13.4. The second-order valence-corrected chi connectivity index (χ2v) is 11.9. The fourth-order valence-corrected chi connectivity index (χ4v) is 7.75. The lowest BCUT2D eigenvalue weighted by Crippen LogP contribution is -2.50. The lowest BCUT2D eigenvalue weighted by atomic mass is 9.48. The van der Waals surface area contributed by atoms with E-state index < -0.39 is 0 Å². The van der Waals surface area contributed by atoms with Crippen molar-refractivity contribution in [2.45, 2.75) is 98.8 Å². The molecule has 0 unspecified atom stereocenters. The molecule has 4 aliphatic carbocycles. The molecule has 3 fully saturated rings. The Bertz CT molecular complexity index is 790. The molecule has 0 spiro atoms. The van der Waals surface area contributed by atoms with Gasteiger partial charge in [-0.05, 0) is 59.7 Å². The van der Waals surface area contributed by atoms with Gasteiger partial charge in [-0.25, -0.2) is 0 Å². The summed E-state index contributed by atoms with van der Waals surface area (Å²) in [5.74, 6) is 2.70. The van der Waals surface area contributed by atoms with Crippen molar-refractivity contribution in [2.75, 3.05) is 0 Å². The van der Waals surface area contributed by atoms with Crippen molar-refractivity contribution in [3.63, 3.8) is 0 Å². The standard InChI is InChI=1S/C27H40O3/c1-16(2)7-6-8-17(3)21-15-23(30)25-24-20(10-12-27(21,25)5)26(4)11-9-19(28)13-18(26)14-22(24)29/h16-18,20-21H,6-15H2,1-5H3/t17-,18-,20+,21-,26+,27-/m1/s1. The third-order valence-electron chi connectivity index (χ3n) is 9.65. The number of Topliss-reactive ketones (excluding diaryl/α,β-unsaturated/α-hetero) is 3. The summed E-state index contributed by atoms with van der Waals surface area (Å²) in [6, 6.07) is 0. The van der Waals surface area contributed by atoms with Crippen molar-refractivity contribution in [2.24, 2.45) is 40.4 Å². The van der Waals surface area contributed by atoms with Crippen molar-refractivity contribution >= 4 is 17.3 Å². The molecular formula is C27H40O3. The molecule has 0 aromatic rings. The van der Waals surface area contributed by atoms with Gasteiger partial charge in [0.2, 0.25) is 0 Å². The fraction of sp³-hybridized carbons (Fsp3) is 0.815. The molecule has 4 aliphatic rings. The maximum Gasteiger partial charge on any atom is 0.160 e. The normalized spacial score (nSPS) is 39.8. The lowest BCUT2D eigenvalue weighted by molar-refractivity contribution is -0.133. The van der Waals surface area contributed by atoms with Crippen LogP contribution in [0.15, 0.2) is 11.1 Å². The Balaban J connectivity index is 1.66. The van der Waals surface area contributed by atoms with E-state index in [1.54, 1.807) is 0 Å². The molecule has 6 atom stereocenters. The van der Waals surface area contributed by atoms with E-state index in [0.717, 1.165) is 36.3 Å². The van der Waals surface area contributed by atoms with Gasteiger partial charge in [0.1, 0.15) is 5.78 Å². The largest absolute Gasteiger partial charge is 0.300 e. The van der Waals surface area contributed by atoms with Crippen LogP contribution in [-0.4, -0.2) is 17.3 Å². The zero-order valence-electron chi connectivity index (χ0n) is 19.7. The second-order valence-electron chi connectivity index (χ2n) is 11.9. The van der Waals surface area contributed by atoms with Crippen LogP contribution >= 0.6 is 0 Å². The summed E-state index contributed by atoms with van der Waals surface area (Å²) in [5.41, 5.74) is 1.69. The van der Waals surface area contributed by atoms with E-state index in [-0.39, 0.29) is 34.2 Å². The molecule has 3 saturated carbocycles. The van der Waals surface area contributed by atoms with E-state index >= 15 is 0 Å². The Morgan fingerprint density at radius 3 is 2.37 bits per heavy atom. The summed E-state index contributed by atoms with van der Waals surface area (Å²) >= 11 is 0. The molecule has 0 aromatic heterocycles. The average molecular weight is 413 g/mol. The van der Waals surface area contributed by atoms with E-state index in [0.29, 0.717) is 43.3 Å². The minimum Gasteiger partial charge on any atom is -0.300 e. The summed E-state index contributed by atoms with van der Waals surface area (Å²) in [7, 11) is 0. The molecule has 3 heteroatoms. The Hall–Kier alpha value is -1.25. The van der Waals surface area contributed by atoms with Gasteiger partial charge in [-0.3, -0.25) is 14.4 Å². The van der Waals surface area contributed by atoms with Crippen LogP contribution in [0.2, 0.25) is 0 Å². The number of hydrogen-bond donors (Lipinski definition) is 0. The third-order valence-corrected chi connectivity index (χ3v) is 9.65. The van der Waals surface area contributed by atoms with E-state index in [2.05, 4.69) is 34.6 Å². The van der Waals surface area contributed by atoms with E-state index in [4.69, 9.17) is 0 Å². The van der Waals surface area contributed by atoms with Gasteiger partial charge in [0.25, 0.3) is 0 Å². The number of fused-ring (bicyclic) bond motifs is 4. The molecule has 0 N–H and O–H groups in total. The smallest absolute Gasteiger partial charge is 0.160 e. The van der Waals surface area contributed by atoms with Crippen LogP contribution in [0.4, 0.5) is 0 Å². The number of carbonyl (C=O) groups excluding carboxylic acids is 3. The van der Waals surface area contributed by atoms with E-state index in [1.165, 1.54) is 19.3 Å². The molecule has 30 heavy (non-hydrogen) atoms. The van der Waals surface area contributed by atoms with Crippen LogP contribution < -0.4 is 0 Å². The number of hydrogen-bond acceptors (Lipinski definition) is 3. The molecule has 0 saturated heterocycles. The van der Waals surface area contributed by atoms with Gasteiger partial charge in [-0.2, -0.15) is 0 Å². The number of carbonyl (C=O) groups is 3. The highest BCUT2D eigenvalue weighted by atomic mass is 16.1. The maximum absolute atomic E-state index is 13.4. The third kappa shape index (κ3) is 3.35. The fourth-order valence-electron chi connectivity index (χ4n) is 7.75. The van der Waals surface area contributed by atoms with Crippen molar-refractivity contribution < 1.29 is 14.4 Å². The number of rotatable bonds is 5. The summed E-state index contributed by atoms with van der Waals surface area (Å²) in [5, 5.41) is 0. The molecule has 166 valence electrons. The highest BCUT2D eigenvalue weighted by Gasteiger charge is 2.60. The molecule has 0 aliphatic heterocycles. The first-order valence-corrected chi connectivity index (χ1v) is 12.4. The SMILES string of the molecule is CC(C)CCC[C@@H](C)[C@H]1CC(=O)C2=C3C(=O)C[C@H]4CC(=O)CC[C@]4(C)[C@H]3CC[C@@]21C. The van der Waals surface area contributed by atoms with Gasteiger partial charge in [0, 0.05) is 36.8 Å². The average Bonchev–Trinajstić information content (AvgIpc) is 2.94. The summed E-state index contributed by atoms with van der Waals surface area (Å²) in [4.78, 5) is 38.8. The topological polar surface area (TPSA) is 51.2 Å². The second kappa shape index (κ2) is 7.71. The van der Waals surface area contributed by atoms with Crippen LogP contribution in [0.5, 0.6) is 0 Å². The van der Waals surface area contributed by atoms with Crippen LogP contribution in [0, 0.1) is 40.4 Å². The Morgan fingerprint density at radius 1 is 0.933 bits per heavy atom. The van der Waals surface area contributed by atoms with Crippen molar-refractivity contribution in [3.8, 4) is 0 Å². The monoisotopic (exact) mass is 412 g/mol. The van der Waals surface area contributed by atoms with Crippen molar-refractivity contribution in [1.29, 1.82) is 0 Å². The van der Waals surface area contributed by atoms with Gasteiger partial charge in [0.05, 0.1) is 0 Å². The minimum absolute atomic E-state index is 0.00668. The van der Waals surface area contributed by atoms with Crippen molar-refractivity contribution in [1.82, 2.24) is 0 Å². The quantitative estimate of drug-likeness (QED) is 0.548. The zero-order chi connectivity index (χ0) is 21.8. The molecule has 3 nitrogen and oxygen atoms in total. The zero-order valence-corrected chi connectivity index (χ0v) is 19.7. The van der Waals surface area contributed by atoms with Crippen LogP contribution in [-0.2, 0) is 14.4 Å². The Morgan fingerprint density at radius 2 is 1.67 bits per heavy atom. The van der Waals surface area contributed by atoms with E-state index in [1.807, 2.05) is 0 Å². The molecule has 0 amide bonds. The summed E-state index contributed by atoms with van der Waals surface area (Å²) in [6.45, 7) is 11.5. The predicted molar refractivity (Wildman–Crippen MR) is 119 cm³/mol. The van der Waals surface area contributed by atoms with Crippen molar-refractivity contribution in [3.05, 3.63) is 11.1 Å². The van der Waals surface area contributed by atoms with Gasteiger partial charge in [-0.1, -0.05) is 53.9 Å². The first kappa shape index (κ1) is 22.0. The van der Waals surface area contributed by atoms with Gasteiger partial charge < -0.3 is 0 Å². The van der Waals surface area contributed by atoms with Gasteiger partial charge in [-0.15, -0.1) is 0 Å². The molecule has 0 bridgehead atoms. The molecule has 4 rings (SSSR count). The Kier molecular flexibility index (Phi) is 5.64. The van der Waals surface area contributed by atoms with Gasteiger partial charge in [0.15, 0.2) is 11.6 Å².